The number of halogens is 1. The first kappa shape index (κ1) is 44.4. The highest BCUT2D eigenvalue weighted by molar-refractivity contribution is 6.30. The average Bonchev–Trinajstić information content (AvgIpc) is 3.45. The second-order valence-electron chi connectivity index (χ2n) is 23.0. The molecular weight excluding hydrogens is 792 g/mol. The van der Waals surface area contributed by atoms with Crippen LogP contribution in [-0.4, -0.2) is 66.0 Å². The summed E-state index contributed by atoms with van der Waals surface area (Å²) in [5, 5.41) is 16.5. The molecule has 1 heterocycles. The summed E-state index contributed by atoms with van der Waals surface area (Å²) in [5.41, 5.74) is 0.568. The van der Waals surface area contributed by atoms with Crippen molar-refractivity contribution in [1.82, 2.24) is 10.6 Å². The average molecular weight is 862 g/mol. The summed E-state index contributed by atoms with van der Waals surface area (Å²) in [4.78, 5) is 67.0. The molecule has 0 radical (unpaired) electrons. The molecule has 1 saturated heterocycles. The Morgan fingerprint density at radius 1 is 0.852 bits per heavy atom. The number of hydrogen-bond acceptors (Lipinski definition) is 7. The van der Waals surface area contributed by atoms with Gasteiger partial charge in [0.1, 0.15) is 11.6 Å². The van der Waals surface area contributed by atoms with Gasteiger partial charge in [-0.3, -0.25) is 24.0 Å². The number of ether oxygens (including phenoxy) is 2. The minimum Gasteiger partial charge on any atom is -0.481 e. The number of fused-ring (bicyclic) bond motifs is 7. The summed E-state index contributed by atoms with van der Waals surface area (Å²) in [5.74, 6) is -1.09. The fourth-order valence-electron chi connectivity index (χ4n) is 15.3. The topological polar surface area (TPSA) is 148 Å². The van der Waals surface area contributed by atoms with E-state index < -0.39 is 34.2 Å². The van der Waals surface area contributed by atoms with Gasteiger partial charge in [-0.25, -0.2) is 0 Å². The van der Waals surface area contributed by atoms with E-state index in [0.29, 0.717) is 48.5 Å². The molecule has 11 heteroatoms. The highest BCUT2D eigenvalue weighted by Crippen LogP contribution is 2.77. The van der Waals surface area contributed by atoms with E-state index in [4.69, 9.17) is 21.1 Å². The van der Waals surface area contributed by atoms with Gasteiger partial charge in [0.2, 0.25) is 5.91 Å². The van der Waals surface area contributed by atoms with Crippen LogP contribution in [0.15, 0.2) is 35.4 Å². The van der Waals surface area contributed by atoms with Crippen molar-refractivity contribution in [3.8, 4) is 0 Å². The third-order valence-electron chi connectivity index (χ3n) is 19.0. The van der Waals surface area contributed by atoms with Gasteiger partial charge in [0.25, 0.3) is 5.91 Å². The van der Waals surface area contributed by atoms with Crippen molar-refractivity contribution >= 4 is 41.1 Å². The second-order valence-corrected chi connectivity index (χ2v) is 23.4. The van der Waals surface area contributed by atoms with Gasteiger partial charge in [-0.05, 0) is 133 Å². The molecule has 1 aromatic carbocycles. The zero-order chi connectivity index (χ0) is 44.3. The van der Waals surface area contributed by atoms with Crippen LogP contribution in [0.3, 0.4) is 0 Å². The Balaban J connectivity index is 1.00. The van der Waals surface area contributed by atoms with E-state index >= 15 is 0 Å². The molecule has 8 rings (SSSR count). The number of allylic oxidation sites excluding steroid dienone is 2. The predicted molar refractivity (Wildman–Crippen MR) is 232 cm³/mol. The molecule has 3 N–H and O–H groups in total. The minimum absolute atomic E-state index is 0.00727. The lowest BCUT2D eigenvalue weighted by molar-refractivity contribution is -0.236. The van der Waals surface area contributed by atoms with Crippen LogP contribution in [-0.2, 0) is 28.7 Å². The molecule has 6 fully saturated rings. The van der Waals surface area contributed by atoms with Crippen molar-refractivity contribution in [3.63, 3.8) is 0 Å². The molecule has 10 nitrogen and oxygen atoms in total. The number of amides is 2. The molecule has 1 aliphatic heterocycles. The van der Waals surface area contributed by atoms with Crippen LogP contribution in [0.5, 0.6) is 0 Å². The number of carbonyl (C=O) groups excluding carboxylic acids is 4. The minimum atomic E-state index is -0.843. The van der Waals surface area contributed by atoms with Gasteiger partial charge in [0.05, 0.1) is 25.0 Å². The molecule has 0 bridgehead atoms. The van der Waals surface area contributed by atoms with Crippen LogP contribution < -0.4 is 10.6 Å². The molecule has 5 saturated carbocycles. The zero-order valence-corrected chi connectivity index (χ0v) is 38.7. The first-order valence-corrected chi connectivity index (χ1v) is 23.5. The van der Waals surface area contributed by atoms with Crippen molar-refractivity contribution in [3.05, 3.63) is 46.0 Å². The Morgan fingerprint density at radius 2 is 1.54 bits per heavy atom. The smallest absolute Gasteiger partial charge is 0.309 e. The Kier molecular flexibility index (Phi) is 10.9. The summed E-state index contributed by atoms with van der Waals surface area (Å²) in [6.45, 7) is 21.0. The summed E-state index contributed by atoms with van der Waals surface area (Å²) in [6, 6.07) is 6.71. The number of nitrogens with one attached hydrogen (secondary N) is 2. The van der Waals surface area contributed by atoms with Crippen LogP contribution in [0.25, 0.3) is 0 Å². The quantitative estimate of drug-likeness (QED) is 0.198. The van der Waals surface area contributed by atoms with E-state index in [9.17, 15) is 29.1 Å². The maximum atomic E-state index is 14.3. The molecule has 7 aliphatic rings. The monoisotopic (exact) mass is 860 g/mol. The van der Waals surface area contributed by atoms with Crippen LogP contribution >= 0.6 is 11.6 Å². The number of aliphatic carboxylic acids is 1. The molecule has 0 spiro atoms. The summed E-state index contributed by atoms with van der Waals surface area (Å²) in [7, 11) is 0. The van der Waals surface area contributed by atoms with E-state index in [0.717, 1.165) is 56.9 Å². The summed E-state index contributed by atoms with van der Waals surface area (Å²) < 4.78 is 12.0. The zero-order valence-electron chi connectivity index (χ0n) is 37.9. The number of ketones is 1. The lowest BCUT2D eigenvalue weighted by Gasteiger charge is -2.72. The molecule has 0 aromatic heterocycles. The lowest BCUT2D eigenvalue weighted by atomic mass is 9.33. The third-order valence-corrected chi connectivity index (χ3v) is 19.2. The third kappa shape index (κ3) is 6.75. The molecule has 1 aromatic rings. The Bertz CT molecular complexity index is 2040. The molecule has 2 amide bonds. The van der Waals surface area contributed by atoms with Crippen molar-refractivity contribution in [1.29, 1.82) is 0 Å². The molecule has 0 unspecified atom stereocenters. The molecule has 10 atom stereocenters. The highest BCUT2D eigenvalue weighted by Gasteiger charge is 2.70. The van der Waals surface area contributed by atoms with E-state index in [2.05, 4.69) is 59.1 Å². The Labute approximate surface area is 367 Å². The normalized spacial score (nSPS) is 39.0. The fraction of sp³-hybridized carbons (Fsp3) is 0.740. The van der Waals surface area contributed by atoms with E-state index in [-0.39, 0.29) is 76.1 Å². The fourth-order valence-corrected chi connectivity index (χ4v) is 15.4. The van der Waals surface area contributed by atoms with Crippen molar-refractivity contribution in [2.24, 2.45) is 68.0 Å². The number of esters is 1. The van der Waals surface area contributed by atoms with Gasteiger partial charge in [-0.2, -0.15) is 0 Å². The molecule has 334 valence electrons. The van der Waals surface area contributed by atoms with E-state index in [1.165, 1.54) is 5.57 Å². The predicted octanol–water partition coefficient (Wildman–Crippen LogP) is 8.98. The van der Waals surface area contributed by atoms with Gasteiger partial charge in [0.15, 0.2) is 5.78 Å². The van der Waals surface area contributed by atoms with Crippen LogP contribution in [0.2, 0.25) is 5.02 Å². The van der Waals surface area contributed by atoms with Gasteiger partial charge in [-0.1, -0.05) is 79.5 Å². The number of rotatable bonds is 10. The van der Waals surface area contributed by atoms with Gasteiger partial charge in [0, 0.05) is 40.8 Å². The standard InChI is InChI=1S/C50H69ClN2O8/c1-28(2)39-34(54)23-49(24-38(55)53-50(26-60-27-50)25-52-41(56)29-10-12-30(51)13-11-29)21-20-47(8)31(40(39)49)14-15-36-46(7)18-17-37(45(5,6)35(46)16-19-48(36,47)9)61-43(59)33-22-32(42(57)58)44(33,3)4/h10-13,28,31-33,35-37H,14-27H2,1-9H3,(H,52,56)(H,53,55)(H,57,58)/t31-,32+,33-,35+,36-,37+,46+,47-,48-,49+/m1/s1. The van der Waals surface area contributed by atoms with Crippen LogP contribution in [0, 0.1) is 68.0 Å². The van der Waals surface area contributed by atoms with Crippen molar-refractivity contribution < 1.29 is 38.6 Å². The van der Waals surface area contributed by atoms with Crippen LogP contribution in [0.4, 0.5) is 0 Å². The highest BCUT2D eigenvalue weighted by atomic mass is 35.5. The van der Waals surface area contributed by atoms with Crippen molar-refractivity contribution in [2.75, 3.05) is 19.8 Å². The molecule has 6 aliphatic carbocycles. The number of hydrogen-bond donors (Lipinski definition) is 3. The number of carbonyl (C=O) groups is 5. The molecule has 61 heavy (non-hydrogen) atoms. The van der Waals surface area contributed by atoms with Gasteiger partial charge >= 0.3 is 11.9 Å². The Morgan fingerprint density at radius 3 is 2.15 bits per heavy atom. The lowest BCUT2D eigenvalue weighted by Crippen LogP contribution is -2.68. The van der Waals surface area contributed by atoms with Gasteiger partial charge < -0.3 is 25.2 Å². The first-order chi connectivity index (χ1) is 28.4. The van der Waals surface area contributed by atoms with Crippen LogP contribution in [0.1, 0.15) is 143 Å². The van der Waals surface area contributed by atoms with E-state index in [1.54, 1.807) is 24.3 Å². The molecular formula is C50H69ClN2O8. The number of Topliss-reactive ketones (excluding diaryl/α,β-unsaturated/α-hetero) is 1. The number of benzene rings is 1. The van der Waals surface area contributed by atoms with Crippen molar-refractivity contribution in [2.45, 2.75) is 145 Å². The van der Waals surface area contributed by atoms with E-state index in [1.807, 2.05) is 13.8 Å². The Hall–Kier alpha value is -3.24. The number of carboxylic acids is 1. The first-order valence-electron chi connectivity index (χ1n) is 23.1. The summed E-state index contributed by atoms with van der Waals surface area (Å²) >= 11 is 6.03. The SMILES string of the molecule is CC(C)C1=C2[C@H]3CC[C@@H]4[C@@]5(C)CC[C@H](OC(=O)[C@H]6C[C@@H](C(=O)O)C6(C)C)C(C)(C)[C@@H]5CC[C@@]4(C)[C@]3(C)CC[C@@]2(CC(=O)NC2(CNC(=O)c3ccc(Cl)cc3)COC2)CC1=O. The maximum absolute atomic E-state index is 14.3. The summed E-state index contributed by atoms with van der Waals surface area (Å²) in [6.07, 6.45) is 8.35. The maximum Gasteiger partial charge on any atom is 0.309 e. The largest absolute Gasteiger partial charge is 0.481 e. The number of carboxylic acid groups (broad SMARTS) is 1. The second kappa shape index (κ2) is 14.9. The van der Waals surface area contributed by atoms with Gasteiger partial charge in [-0.15, -0.1) is 0 Å².